The number of nitrogens with zero attached hydrogens (tertiary/aromatic N) is 4. The number of halogens is 1. The lowest BCUT2D eigenvalue weighted by Gasteiger charge is -2.06. The number of hydrogen-bond donors (Lipinski definition) is 2. The predicted molar refractivity (Wildman–Crippen MR) is 118 cm³/mol. The van der Waals surface area contributed by atoms with Gasteiger partial charge >= 0.3 is 5.69 Å². The van der Waals surface area contributed by atoms with Crippen molar-refractivity contribution < 1.29 is 5.11 Å². The summed E-state index contributed by atoms with van der Waals surface area (Å²) in [6, 6.07) is 9.96. The zero-order valence-electron chi connectivity index (χ0n) is 17.4. The summed E-state index contributed by atoms with van der Waals surface area (Å²) in [7, 11) is 3.14. The average molecular weight is 424 g/mol. The van der Waals surface area contributed by atoms with Gasteiger partial charge in [-0.15, -0.1) is 12.4 Å². The van der Waals surface area contributed by atoms with E-state index in [1.165, 1.54) is 11.6 Å². The van der Waals surface area contributed by atoms with E-state index in [2.05, 4.69) is 10.3 Å². The van der Waals surface area contributed by atoms with Crippen molar-refractivity contribution in [2.45, 2.75) is 26.8 Å². The van der Waals surface area contributed by atoms with Gasteiger partial charge in [0.2, 0.25) is 0 Å². The van der Waals surface area contributed by atoms with Crippen LogP contribution in [0.4, 0.5) is 0 Å². The van der Waals surface area contributed by atoms with Crippen LogP contribution < -0.4 is 16.6 Å². The summed E-state index contributed by atoms with van der Waals surface area (Å²) in [5.41, 5.74) is 1.39. The molecule has 0 aliphatic carbocycles. The third-order valence-corrected chi connectivity index (χ3v) is 4.49. The molecule has 29 heavy (non-hydrogen) atoms. The summed E-state index contributed by atoms with van der Waals surface area (Å²) in [6.07, 6.45) is 0.626. The van der Waals surface area contributed by atoms with Gasteiger partial charge in [-0.1, -0.05) is 37.3 Å². The van der Waals surface area contributed by atoms with Crippen molar-refractivity contribution >= 4 is 23.6 Å². The van der Waals surface area contributed by atoms with Crippen LogP contribution in [0, 0.1) is 0 Å². The van der Waals surface area contributed by atoms with E-state index in [0.717, 1.165) is 29.0 Å². The van der Waals surface area contributed by atoms with Gasteiger partial charge in [-0.2, -0.15) is 0 Å². The average Bonchev–Trinajstić information content (AvgIpc) is 3.08. The first-order chi connectivity index (χ1) is 13.5. The highest BCUT2D eigenvalue weighted by Crippen LogP contribution is 2.14. The largest absolute Gasteiger partial charge is 0.395 e. The molecule has 0 saturated carbocycles. The highest BCUT2D eigenvalue weighted by atomic mass is 35.5. The van der Waals surface area contributed by atoms with Gasteiger partial charge in [0.1, 0.15) is 5.82 Å². The van der Waals surface area contributed by atoms with E-state index in [1.54, 1.807) is 7.05 Å². The molecule has 3 rings (SSSR count). The van der Waals surface area contributed by atoms with Gasteiger partial charge in [0.25, 0.3) is 5.56 Å². The van der Waals surface area contributed by atoms with Gasteiger partial charge in [-0.05, 0) is 19.0 Å². The first-order valence-electron chi connectivity index (χ1n) is 9.46. The maximum absolute atomic E-state index is 12.4. The number of benzene rings is 1. The third kappa shape index (κ3) is 5.56. The Balaban J connectivity index is 0.000000529. The fraction of sp³-hybridized carbons (Fsp3) is 0.450. The number of aliphatic hydroxyl groups is 1. The highest BCUT2D eigenvalue weighted by Gasteiger charge is 2.18. The van der Waals surface area contributed by atoms with Crippen LogP contribution in [0.1, 0.15) is 25.2 Å². The molecule has 0 unspecified atom stereocenters. The Bertz CT molecular complexity index is 1020. The molecule has 2 aromatic heterocycles. The summed E-state index contributed by atoms with van der Waals surface area (Å²) >= 11 is 0. The minimum atomic E-state index is -0.357. The van der Waals surface area contributed by atoms with Crippen LogP contribution in [0.5, 0.6) is 0 Å². The summed E-state index contributed by atoms with van der Waals surface area (Å²) in [5.74, 6) is 0.794. The van der Waals surface area contributed by atoms with Crippen LogP contribution in [0.15, 0.2) is 39.9 Å². The molecule has 9 heteroatoms. The topological polar surface area (TPSA) is 94.1 Å². The van der Waals surface area contributed by atoms with Crippen molar-refractivity contribution in [1.29, 1.82) is 0 Å². The molecule has 0 aliphatic heterocycles. The molecule has 0 aliphatic rings. The Morgan fingerprint density at radius 1 is 1.07 bits per heavy atom. The number of rotatable bonds is 6. The van der Waals surface area contributed by atoms with Crippen molar-refractivity contribution in [1.82, 2.24) is 24.0 Å². The van der Waals surface area contributed by atoms with Gasteiger partial charge < -0.3 is 15.0 Å². The standard InChI is InChI=1S/C16H18N4O2.C4H11NO.ClH/c1-4-20-12(10-11-8-6-5-7-9-11)17-14-13(20)15(21)19(3)16(22)18(14)2;1-2-5-3-4-6;/h5-9H,4,10H2,1-3H3;5-6H,2-4H2,1H3;1H. The van der Waals surface area contributed by atoms with Crippen molar-refractivity contribution in [3.05, 3.63) is 62.6 Å². The summed E-state index contributed by atoms with van der Waals surface area (Å²) in [5, 5.41) is 11.1. The summed E-state index contributed by atoms with van der Waals surface area (Å²) in [6.45, 7) is 6.52. The first-order valence-corrected chi connectivity index (χ1v) is 9.46. The number of aliphatic hydroxyl groups excluding tert-OH is 1. The number of fused-ring (bicyclic) bond motifs is 1. The molecule has 3 aromatic rings. The molecule has 0 radical (unpaired) electrons. The van der Waals surface area contributed by atoms with Gasteiger partial charge in [-0.25, -0.2) is 9.78 Å². The lowest BCUT2D eigenvalue weighted by Crippen LogP contribution is -2.37. The second-order valence-corrected chi connectivity index (χ2v) is 6.39. The molecule has 0 amide bonds. The maximum Gasteiger partial charge on any atom is 0.332 e. The van der Waals surface area contributed by atoms with E-state index >= 15 is 0 Å². The van der Waals surface area contributed by atoms with Crippen LogP contribution in [0.2, 0.25) is 0 Å². The molecule has 0 bridgehead atoms. The number of aryl methyl sites for hydroxylation is 2. The van der Waals surface area contributed by atoms with E-state index in [0.29, 0.717) is 24.1 Å². The smallest absolute Gasteiger partial charge is 0.332 e. The monoisotopic (exact) mass is 423 g/mol. The first kappa shape index (κ1) is 24.6. The molecule has 1 aromatic carbocycles. The zero-order chi connectivity index (χ0) is 20.7. The number of likely N-dealkylation sites (N-methyl/N-ethyl adjacent to an activating group) is 1. The SMILES string of the molecule is CCNCCO.CCn1c(Cc2ccccc2)nc2c1c(=O)n(C)c(=O)n2C.Cl. The second-order valence-electron chi connectivity index (χ2n) is 6.39. The summed E-state index contributed by atoms with van der Waals surface area (Å²) in [4.78, 5) is 29.0. The van der Waals surface area contributed by atoms with E-state index in [9.17, 15) is 9.59 Å². The van der Waals surface area contributed by atoms with E-state index in [-0.39, 0.29) is 30.3 Å². The van der Waals surface area contributed by atoms with E-state index in [4.69, 9.17) is 5.11 Å². The van der Waals surface area contributed by atoms with Crippen LogP contribution >= 0.6 is 12.4 Å². The molecular formula is C20H30ClN5O3. The quantitative estimate of drug-likeness (QED) is 0.578. The zero-order valence-corrected chi connectivity index (χ0v) is 18.2. The molecule has 2 N–H and O–H groups in total. The van der Waals surface area contributed by atoms with E-state index < -0.39 is 0 Å². The van der Waals surface area contributed by atoms with Gasteiger partial charge in [-0.3, -0.25) is 13.9 Å². The molecule has 2 heterocycles. The van der Waals surface area contributed by atoms with Crippen molar-refractivity contribution in [2.24, 2.45) is 14.1 Å². The number of hydrogen-bond acceptors (Lipinski definition) is 5. The Kier molecular flexibility index (Phi) is 9.80. The van der Waals surface area contributed by atoms with Crippen molar-refractivity contribution in [2.75, 3.05) is 19.7 Å². The predicted octanol–water partition coefficient (Wildman–Crippen LogP) is 1.05. The van der Waals surface area contributed by atoms with Gasteiger partial charge in [0.15, 0.2) is 11.2 Å². The van der Waals surface area contributed by atoms with Crippen molar-refractivity contribution in [3.8, 4) is 0 Å². The Labute approximate surface area is 176 Å². The highest BCUT2D eigenvalue weighted by molar-refractivity contribution is 5.85. The van der Waals surface area contributed by atoms with Crippen LogP contribution in [0.25, 0.3) is 11.2 Å². The maximum atomic E-state index is 12.4. The second kappa shape index (κ2) is 11.5. The minimum Gasteiger partial charge on any atom is -0.395 e. The normalized spacial score (nSPS) is 10.4. The Hall–Kier alpha value is -2.42. The van der Waals surface area contributed by atoms with E-state index in [1.807, 2.05) is 48.7 Å². The molecule has 0 spiro atoms. The molecule has 0 fully saturated rings. The number of nitrogens with one attached hydrogen (secondary N) is 1. The number of imidazole rings is 1. The minimum absolute atomic E-state index is 0. The van der Waals surface area contributed by atoms with Crippen LogP contribution in [0.3, 0.4) is 0 Å². The fourth-order valence-electron chi connectivity index (χ4n) is 3.00. The van der Waals surface area contributed by atoms with Gasteiger partial charge in [0, 0.05) is 33.6 Å². The van der Waals surface area contributed by atoms with Crippen molar-refractivity contribution in [3.63, 3.8) is 0 Å². The number of aromatic nitrogens is 4. The third-order valence-electron chi connectivity index (χ3n) is 4.49. The lowest BCUT2D eigenvalue weighted by molar-refractivity contribution is 0.293. The van der Waals surface area contributed by atoms with Crippen LogP contribution in [-0.2, 0) is 27.1 Å². The summed E-state index contributed by atoms with van der Waals surface area (Å²) < 4.78 is 4.45. The Morgan fingerprint density at radius 2 is 1.72 bits per heavy atom. The molecular weight excluding hydrogens is 394 g/mol. The molecule has 0 atom stereocenters. The fourth-order valence-corrected chi connectivity index (χ4v) is 3.00. The lowest BCUT2D eigenvalue weighted by atomic mass is 10.1. The molecule has 160 valence electrons. The van der Waals surface area contributed by atoms with Crippen LogP contribution in [-0.4, -0.2) is 43.5 Å². The van der Waals surface area contributed by atoms with Gasteiger partial charge in [0.05, 0.1) is 6.61 Å². The molecule has 0 saturated heterocycles. The molecule has 8 nitrogen and oxygen atoms in total. The Morgan fingerprint density at radius 3 is 2.24 bits per heavy atom.